The number of benzene rings is 4. The van der Waals surface area contributed by atoms with Crippen LogP contribution in [0.3, 0.4) is 0 Å². The first-order valence-electron chi connectivity index (χ1n) is 21.4. The normalized spacial score (nSPS) is 16.3. The second-order valence-corrected chi connectivity index (χ2v) is 16.4. The number of carbonyl (C=O) groups excluding carboxylic acids is 6. The van der Waals surface area contributed by atoms with E-state index in [4.69, 9.17) is 21.3 Å². The topological polar surface area (TPSA) is 207 Å². The van der Waals surface area contributed by atoms with Gasteiger partial charge in [0, 0.05) is 88.8 Å². The summed E-state index contributed by atoms with van der Waals surface area (Å²) in [5.41, 5.74) is 1.19. The van der Waals surface area contributed by atoms with Crippen molar-refractivity contribution in [1.29, 1.82) is 0 Å². The number of phenolic OH excluding ortho intramolecular Hbond substituents is 1. The lowest BCUT2D eigenvalue weighted by Gasteiger charge is -2.36. The molecular formula is C46H47ClFN9O8. The molecule has 0 saturated carbocycles. The Morgan fingerprint density at radius 2 is 1.71 bits per heavy atom. The maximum Gasteiger partial charge on any atom is 0.264 e. The predicted molar refractivity (Wildman–Crippen MR) is 241 cm³/mol. The molecule has 2 saturated heterocycles. The molecule has 4 heterocycles. The number of nitrogens with zero attached hydrogens (tertiary/aromatic N) is 6. The molecular weight excluding hydrogens is 861 g/mol. The van der Waals surface area contributed by atoms with Crippen molar-refractivity contribution in [2.45, 2.75) is 38.6 Å². The molecule has 338 valence electrons. The molecule has 65 heavy (non-hydrogen) atoms. The van der Waals surface area contributed by atoms with Crippen molar-refractivity contribution in [3.8, 4) is 16.9 Å². The molecule has 0 spiro atoms. The number of rotatable bonds is 15. The number of aromatic nitrogens is 2. The molecule has 4 aromatic carbocycles. The zero-order valence-electron chi connectivity index (χ0n) is 35.8. The fraction of sp³-hybridized carbons (Fsp3) is 0.348. The molecule has 19 heteroatoms. The summed E-state index contributed by atoms with van der Waals surface area (Å²) in [6.07, 6.45) is 0.523. The molecule has 17 nitrogen and oxygen atoms in total. The van der Waals surface area contributed by atoms with E-state index in [9.17, 15) is 33.9 Å². The second kappa shape index (κ2) is 19.0. The van der Waals surface area contributed by atoms with Gasteiger partial charge in [-0.3, -0.25) is 39.0 Å². The zero-order chi connectivity index (χ0) is 45.9. The van der Waals surface area contributed by atoms with E-state index in [2.05, 4.69) is 20.9 Å². The van der Waals surface area contributed by atoms with Crippen molar-refractivity contribution in [2.75, 3.05) is 81.6 Å². The standard InChI is InChI=1S/C46H47ClFN9O8/c1-3-36(60)55-16-18-56(19-17-55)42-31-25-32(47)38(30-24-27(58)23-26-7-4-5-8-28(26)30)40(48)41(31)52-46(53-42)50-14-13-37(61)54(2)20-22-65-21-15-49-33-10-6-9-29-39(33)45(64)57(44(29)63)34-11-12-35(59)51-43(34)62/h4-10,23-25,34,49,58H,3,11-22H2,1-2H3,(H,50,52,53)(H,51,59,62). The molecule has 0 aliphatic carbocycles. The number of hydrogen-bond donors (Lipinski definition) is 4. The Morgan fingerprint density at radius 1 is 0.923 bits per heavy atom. The van der Waals surface area contributed by atoms with Crippen molar-refractivity contribution in [3.63, 3.8) is 0 Å². The number of fused-ring (bicyclic) bond motifs is 3. The van der Waals surface area contributed by atoms with E-state index < -0.39 is 35.5 Å². The fourth-order valence-corrected chi connectivity index (χ4v) is 8.75. The van der Waals surface area contributed by atoms with Gasteiger partial charge in [0.2, 0.25) is 29.6 Å². The van der Waals surface area contributed by atoms with Gasteiger partial charge in [-0.15, -0.1) is 0 Å². The second-order valence-electron chi connectivity index (χ2n) is 16.0. The van der Waals surface area contributed by atoms with Gasteiger partial charge >= 0.3 is 0 Å². The van der Waals surface area contributed by atoms with Crippen LogP contribution in [-0.2, 0) is 23.9 Å². The van der Waals surface area contributed by atoms with Crippen LogP contribution in [0.4, 0.5) is 21.8 Å². The highest BCUT2D eigenvalue weighted by Crippen LogP contribution is 2.42. The van der Waals surface area contributed by atoms with Gasteiger partial charge in [0.1, 0.15) is 23.1 Å². The SMILES string of the molecule is CCC(=O)N1CCN(c2nc(NCCC(=O)N(C)CCOCCNc3cccc4c3C(=O)N(C3CCC(=O)NC3=O)C4=O)nc3c(F)c(-c4cc(O)cc5ccccc45)c(Cl)cc23)CC1. The van der Waals surface area contributed by atoms with Crippen LogP contribution in [-0.4, -0.2) is 137 Å². The summed E-state index contributed by atoms with van der Waals surface area (Å²) in [5, 5.41) is 20.9. The minimum atomic E-state index is -1.07. The average Bonchev–Trinajstić information content (AvgIpc) is 3.55. The van der Waals surface area contributed by atoms with Crippen molar-refractivity contribution < 1.29 is 43.0 Å². The summed E-state index contributed by atoms with van der Waals surface area (Å²) in [5.74, 6) is -2.73. The van der Waals surface area contributed by atoms with Crippen molar-refractivity contribution in [2.24, 2.45) is 0 Å². The van der Waals surface area contributed by atoms with Crippen LogP contribution in [0.1, 0.15) is 53.3 Å². The van der Waals surface area contributed by atoms with Crippen LogP contribution in [0.5, 0.6) is 5.75 Å². The summed E-state index contributed by atoms with van der Waals surface area (Å²) >= 11 is 6.87. The van der Waals surface area contributed by atoms with Gasteiger partial charge in [0.15, 0.2) is 5.82 Å². The third kappa shape index (κ3) is 9.08. The molecule has 6 amide bonds. The van der Waals surface area contributed by atoms with Gasteiger partial charge in [-0.05, 0) is 53.1 Å². The van der Waals surface area contributed by atoms with Gasteiger partial charge in [0.05, 0.1) is 29.4 Å². The first-order valence-corrected chi connectivity index (χ1v) is 21.8. The summed E-state index contributed by atoms with van der Waals surface area (Å²) in [7, 11) is 1.65. The number of piperazine rings is 1. The number of halogens is 2. The maximum absolute atomic E-state index is 17.0. The molecule has 0 bridgehead atoms. The van der Waals surface area contributed by atoms with Gasteiger partial charge < -0.3 is 35.2 Å². The molecule has 0 radical (unpaired) electrons. The van der Waals surface area contributed by atoms with Crippen LogP contribution >= 0.6 is 11.6 Å². The Labute approximate surface area is 377 Å². The zero-order valence-corrected chi connectivity index (χ0v) is 36.5. The molecule has 1 aromatic heterocycles. The van der Waals surface area contributed by atoms with Crippen molar-refractivity contribution >= 4 is 86.2 Å². The summed E-state index contributed by atoms with van der Waals surface area (Å²) in [4.78, 5) is 91.8. The van der Waals surface area contributed by atoms with Gasteiger partial charge in [-0.1, -0.05) is 48.9 Å². The largest absolute Gasteiger partial charge is 0.508 e. The van der Waals surface area contributed by atoms with E-state index in [1.54, 1.807) is 36.2 Å². The number of amides is 6. The minimum absolute atomic E-state index is 0.00240. The Balaban J connectivity index is 0.890. The molecule has 2 fully saturated rings. The number of carbonyl (C=O) groups is 6. The number of phenols is 1. The first-order chi connectivity index (χ1) is 31.3. The number of anilines is 3. The molecule has 5 aromatic rings. The summed E-state index contributed by atoms with van der Waals surface area (Å²) in [6, 6.07) is 15.7. The van der Waals surface area contributed by atoms with E-state index in [0.717, 1.165) is 4.90 Å². The molecule has 1 unspecified atom stereocenters. The van der Waals surface area contributed by atoms with Crippen molar-refractivity contribution in [3.05, 3.63) is 82.6 Å². The van der Waals surface area contributed by atoms with E-state index in [0.29, 0.717) is 65.8 Å². The van der Waals surface area contributed by atoms with Crippen molar-refractivity contribution in [1.82, 2.24) is 30.0 Å². The minimum Gasteiger partial charge on any atom is -0.508 e. The number of nitrogens with one attached hydrogen (secondary N) is 3. The maximum atomic E-state index is 17.0. The van der Waals surface area contributed by atoms with Gasteiger partial charge in [0.25, 0.3) is 11.8 Å². The number of aromatic hydroxyl groups is 1. The van der Waals surface area contributed by atoms with Crippen LogP contribution in [0.15, 0.2) is 60.7 Å². The lowest BCUT2D eigenvalue weighted by Crippen LogP contribution is -2.54. The highest BCUT2D eigenvalue weighted by molar-refractivity contribution is 6.35. The number of piperidine rings is 1. The Kier molecular flexibility index (Phi) is 13.1. The van der Waals surface area contributed by atoms with Crippen LogP contribution < -0.4 is 20.9 Å². The van der Waals surface area contributed by atoms with Crippen LogP contribution in [0.2, 0.25) is 5.02 Å². The fourth-order valence-electron chi connectivity index (χ4n) is 8.46. The lowest BCUT2D eigenvalue weighted by atomic mass is 9.96. The Morgan fingerprint density at radius 3 is 2.48 bits per heavy atom. The quantitative estimate of drug-likeness (QED) is 0.0825. The van der Waals surface area contributed by atoms with E-state index >= 15 is 4.39 Å². The van der Waals surface area contributed by atoms with E-state index in [1.807, 2.05) is 36.1 Å². The third-order valence-electron chi connectivity index (χ3n) is 11.9. The molecule has 4 N–H and O–H groups in total. The third-order valence-corrected chi connectivity index (χ3v) is 12.2. The molecule has 3 aliphatic rings. The van der Waals surface area contributed by atoms with Gasteiger partial charge in [-0.2, -0.15) is 4.98 Å². The molecule has 1 atom stereocenters. The lowest BCUT2D eigenvalue weighted by molar-refractivity contribution is -0.136. The molecule has 8 rings (SSSR count). The summed E-state index contributed by atoms with van der Waals surface area (Å²) < 4.78 is 22.7. The molecule has 3 aliphatic heterocycles. The monoisotopic (exact) mass is 907 g/mol. The van der Waals surface area contributed by atoms with E-state index in [1.165, 1.54) is 17.0 Å². The van der Waals surface area contributed by atoms with Crippen LogP contribution in [0.25, 0.3) is 32.8 Å². The van der Waals surface area contributed by atoms with Crippen LogP contribution in [0, 0.1) is 5.82 Å². The highest BCUT2D eigenvalue weighted by Gasteiger charge is 2.45. The Bertz CT molecular complexity index is 2750. The Hall–Kier alpha value is -6.92. The van der Waals surface area contributed by atoms with E-state index in [-0.39, 0.29) is 103 Å². The number of ether oxygens (including phenoxy) is 1. The average molecular weight is 908 g/mol. The highest BCUT2D eigenvalue weighted by atomic mass is 35.5. The first kappa shape index (κ1) is 44.7. The smallest absolute Gasteiger partial charge is 0.264 e. The number of imide groups is 2. The number of likely N-dealkylation sites (N-methyl/N-ethyl adjacent to an activating group) is 1. The van der Waals surface area contributed by atoms with Gasteiger partial charge in [-0.25, -0.2) is 9.37 Å². The predicted octanol–water partition coefficient (Wildman–Crippen LogP) is 4.80. The summed E-state index contributed by atoms with van der Waals surface area (Å²) in [6.45, 7) is 4.70. The number of hydrogen-bond acceptors (Lipinski definition) is 13.